The molecular formula is C20H20N6O2. The molecule has 0 saturated carbocycles. The summed E-state index contributed by atoms with van der Waals surface area (Å²) in [6.45, 7) is 2.87. The van der Waals surface area contributed by atoms with Crippen molar-refractivity contribution in [1.82, 2.24) is 24.8 Å². The molecule has 28 heavy (non-hydrogen) atoms. The van der Waals surface area contributed by atoms with Crippen LogP contribution in [0, 0.1) is 6.92 Å². The Morgan fingerprint density at radius 2 is 2.07 bits per heavy atom. The fourth-order valence-corrected chi connectivity index (χ4v) is 3.11. The molecule has 1 N–H and O–H groups in total. The number of ether oxygens (including phenoxy) is 1. The Hall–Kier alpha value is -3.55. The number of benzene rings is 1. The fraction of sp³-hybridized carbons (Fsp3) is 0.250. The van der Waals surface area contributed by atoms with Gasteiger partial charge in [0.1, 0.15) is 23.2 Å². The number of hydrogen-bond acceptors (Lipinski definition) is 7. The van der Waals surface area contributed by atoms with Crippen molar-refractivity contribution in [3.63, 3.8) is 0 Å². The maximum atomic E-state index is 12.6. The van der Waals surface area contributed by atoms with Crippen LogP contribution in [0.15, 0.2) is 48.9 Å². The lowest BCUT2D eigenvalue weighted by molar-refractivity contribution is -0.134. The molecule has 0 unspecified atom stereocenters. The monoisotopic (exact) mass is 376 g/mol. The number of amides is 1. The van der Waals surface area contributed by atoms with Gasteiger partial charge in [0.05, 0.1) is 18.4 Å². The molecule has 2 aromatic heterocycles. The number of para-hydroxylation sites is 1. The van der Waals surface area contributed by atoms with Gasteiger partial charge < -0.3 is 15.0 Å². The summed E-state index contributed by atoms with van der Waals surface area (Å²) in [5, 5.41) is 3.21. The van der Waals surface area contributed by atoms with Gasteiger partial charge >= 0.3 is 0 Å². The zero-order valence-electron chi connectivity index (χ0n) is 15.5. The molecule has 1 aliphatic heterocycles. The van der Waals surface area contributed by atoms with E-state index in [4.69, 9.17) is 4.74 Å². The number of hydrogen-bond donors (Lipinski definition) is 1. The van der Waals surface area contributed by atoms with Crippen molar-refractivity contribution in [3.8, 4) is 5.75 Å². The highest BCUT2D eigenvalue weighted by atomic mass is 16.5. The van der Waals surface area contributed by atoms with E-state index in [2.05, 4.69) is 25.3 Å². The Balaban J connectivity index is 1.47. The van der Waals surface area contributed by atoms with Crippen molar-refractivity contribution in [3.05, 3.63) is 66.0 Å². The standard InChI is InChI=1S/C20H20N6O2/c1-14-23-17-12-26(19(27)13-28-15-5-3-2-4-6-15)10-7-16(17)20(24-14)25-18-11-21-8-9-22-18/h2-6,8-9,11H,7,10,12-13H2,1H3,(H,22,23,24,25). The highest BCUT2D eigenvalue weighted by molar-refractivity contribution is 5.78. The van der Waals surface area contributed by atoms with Gasteiger partial charge in [-0.25, -0.2) is 15.0 Å². The van der Waals surface area contributed by atoms with Crippen molar-refractivity contribution >= 4 is 17.5 Å². The lowest BCUT2D eigenvalue weighted by atomic mass is 10.1. The molecule has 0 aliphatic carbocycles. The molecule has 1 amide bonds. The van der Waals surface area contributed by atoms with Gasteiger partial charge in [-0.05, 0) is 25.5 Å². The van der Waals surface area contributed by atoms with E-state index in [1.165, 1.54) is 0 Å². The summed E-state index contributed by atoms with van der Waals surface area (Å²) in [4.78, 5) is 31.7. The predicted molar refractivity (Wildman–Crippen MR) is 103 cm³/mol. The van der Waals surface area contributed by atoms with Crippen molar-refractivity contribution in [1.29, 1.82) is 0 Å². The van der Waals surface area contributed by atoms with Crippen LogP contribution >= 0.6 is 0 Å². The summed E-state index contributed by atoms with van der Waals surface area (Å²) in [5.41, 5.74) is 1.85. The van der Waals surface area contributed by atoms with Gasteiger partial charge in [0, 0.05) is 24.5 Å². The first-order valence-corrected chi connectivity index (χ1v) is 9.04. The van der Waals surface area contributed by atoms with Crippen LogP contribution in [-0.2, 0) is 17.8 Å². The van der Waals surface area contributed by atoms with E-state index < -0.39 is 0 Å². The molecule has 0 atom stereocenters. The zero-order chi connectivity index (χ0) is 19.3. The minimum atomic E-state index is -0.0609. The van der Waals surface area contributed by atoms with Crippen LogP contribution in [0.25, 0.3) is 0 Å². The van der Waals surface area contributed by atoms with Crippen LogP contribution in [0.3, 0.4) is 0 Å². The number of nitrogens with zero attached hydrogens (tertiary/aromatic N) is 5. The molecule has 8 nitrogen and oxygen atoms in total. The Morgan fingerprint density at radius 3 is 2.86 bits per heavy atom. The maximum Gasteiger partial charge on any atom is 0.260 e. The van der Waals surface area contributed by atoms with Gasteiger partial charge in [0.2, 0.25) is 0 Å². The van der Waals surface area contributed by atoms with E-state index in [1.807, 2.05) is 37.3 Å². The number of rotatable bonds is 5. The minimum Gasteiger partial charge on any atom is -0.484 e. The number of nitrogens with one attached hydrogen (secondary N) is 1. The molecule has 1 aliphatic rings. The van der Waals surface area contributed by atoms with E-state index in [9.17, 15) is 4.79 Å². The molecule has 3 aromatic rings. The molecule has 4 rings (SSSR count). The van der Waals surface area contributed by atoms with Gasteiger partial charge in [0.15, 0.2) is 6.61 Å². The van der Waals surface area contributed by atoms with Gasteiger partial charge in [-0.3, -0.25) is 9.78 Å². The van der Waals surface area contributed by atoms with Crippen molar-refractivity contribution < 1.29 is 9.53 Å². The summed E-state index contributed by atoms with van der Waals surface area (Å²) in [7, 11) is 0. The molecule has 8 heteroatoms. The average Bonchev–Trinajstić information content (AvgIpc) is 2.73. The third kappa shape index (κ3) is 4.06. The third-order valence-electron chi connectivity index (χ3n) is 4.44. The van der Waals surface area contributed by atoms with Gasteiger partial charge in [-0.1, -0.05) is 18.2 Å². The molecule has 1 aromatic carbocycles. The number of aryl methyl sites for hydroxylation is 1. The Bertz CT molecular complexity index is 965. The van der Waals surface area contributed by atoms with Crippen molar-refractivity contribution in [2.75, 3.05) is 18.5 Å². The lowest BCUT2D eigenvalue weighted by Gasteiger charge is -2.29. The molecular weight excluding hydrogens is 356 g/mol. The summed E-state index contributed by atoms with van der Waals surface area (Å²) < 4.78 is 5.58. The number of anilines is 2. The van der Waals surface area contributed by atoms with E-state index >= 15 is 0 Å². The highest BCUT2D eigenvalue weighted by Crippen LogP contribution is 2.25. The second-order valence-electron chi connectivity index (χ2n) is 6.43. The highest BCUT2D eigenvalue weighted by Gasteiger charge is 2.25. The zero-order valence-corrected chi connectivity index (χ0v) is 15.5. The SMILES string of the molecule is Cc1nc2c(c(Nc3cnccn3)n1)CCN(C(=O)COc1ccccc1)C2. The van der Waals surface area contributed by atoms with Crippen LogP contribution in [0.4, 0.5) is 11.6 Å². The number of carbonyl (C=O) groups excluding carboxylic acids is 1. The Labute approximate surface area is 162 Å². The summed E-state index contributed by atoms with van der Waals surface area (Å²) in [6, 6.07) is 9.33. The second-order valence-corrected chi connectivity index (χ2v) is 6.43. The van der Waals surface area contributed by atoms with Gasteiger partial charge in [-0.15, -0.1) is 0 Å². The molecule has 0 radical (unpaired) electrons. The quantitative estimate of drug-likeness (QED) is 0.730. The van der Waals surface area contributed by atoms with E-state index in [0.717, 1.165) is 17.1 Å². The first-order valence-electron chi connectivity index (χ1n) is 9.04. The largest absolute Gasteiger partial charge is 0.484 e. The number of fused-ring (bicyclic) bond motifs is 1. The second kappa shape index (κ2) is 7.99. The molecule has 0 fully saturated rings. The Morgan fingerprint density at radius 1 is 1.21 bits per heavy atom. The minimum absolute atomic E-state index is 0.00806. The van der Waals surface area contributed by atoms with Crippen LogP contribution < -0.4 is 10.1 Å². The molecule has 0 saturated heterocycles. The smallest absolute Gasteiger partial charge is 0.260 e. The van der Waals surface area contributed by atoms with E-state index in [-0.39, 0.29) is 12.5 Å². The predicted octanol–water partition coefficient (Wildman–Crippen LogP) is 2.28. The van der Waals surface area contributed by atoms with Crippen LogP contribution in [-0.4, -0.2) is 43.9 Å². The van der Waals surface area contributed by atoms with E-state index in [1.54, 1.807) is 23.5 Å². The van der Waals surface area contributed by atoms with E-state index in [0.29, 0.717) is 36.9 Å². The summed E-state index contributed by atoms with van der Waals surface area (Å²) in [5.74, 6) is 2.60. The molecule has 3 heterocycles. The average molecular weight is 376 g/mol. The first kappa shape index (κ1) is 17.8. The molecule has 0 bridgehead atoms. The molecule has 0 spiro atoms. The summed E-state index contributed by atoms with van der Waals surface area (Å²) in [6.07, 6.45) is 5.54. The number of aromatic nitrogens is 4. The topological polar surface area (TPSA) is 93.1 Å². The van der Waals surface area contributed by atoms with Crippen LogP contribution in [0.2, 0.25) is 0 Å². The Kier molecular flexibility index (Phi) is 5.09. The van der Waals surface area contributed by atoms with Gasteiger partial charge in [-0.2, -0.15) is 0 Å². The third-order valence-corrected chi connectivity index (χ3v) is 4.44. The molecule has 142 valence electrons. The van der Waals surface area contributed by atoms with Crippen LogP contribution in [0.1, 0.15) is 17.1 Å². The van der Waals surface area contributed by atoms with Crippen molar-refractivity contribution in [2.24, 2.45) is 0 Å². The van der Waals surface area contributed by atoms with Gasteiger partial charge in [0.25, 0.3) is 5.91 Å². The maximum absolute atomic E-state index is 12.6. The lowest BCUT2D eigenvalue weighted by Crippen LogP contribution is -2.39. The summed E-state index contributed by atoms with van der Waals surface area (Å²) >= 11 is 0. The van der Waals surface area contributed by atoms with Crippen molar-refractivity contribution in [2.45, 2.75) is 19.9 Å². The fourth-order valence-electron chi connectivity index (χ4n) is 3.11. The number of carbonyl (C=O) groups is 1. The van der Waals surface area contributed by atoms with Crippen LogP contribution in [0.5, 0.6) is 5.75 Å². The normalized spacial score (nSPS) is 13.0. The first-order chi connectivity index (χ1) is 13.7.